The van der Waals surface area contributed by atoms with Crippen LogP contribution < -0.4 is 15.0 Å². The van der Waals surface area contributed by atoms with Gasteiger partial charge < -0.3 is 14.5 Å². The lowest BCUT2D eigenvalue weighted by atomic mass is 9.49. The molecule has 3 fully saturated rings. The number of nitrogens with one attached hydrogen (secondary N) is 1. The Hall–Kier alpha value is -5.25. The molecule has 3 aromatic rings. The van der Waals surface area contributed by atoms with Crippen LogP contribution in [0.1, 0.15) is 93.9 Å². The minimum absolute atomic E-state index is 0.0423. The molecule has 282 valence electrons. The second-order valence-electron chi connectivity index (χ2n) is 17.1. The summed E-state index contributed by atoms with van der Waals surface area (Å²) in [6.45, 7) is 13.1. The topological polar surface area (TPSA) is 143 Å². The summed E-state index contributed by atoms with van der Waals surface area (Å²) in [7, 11) is 0. The van der Waals surface area contributed by atoms with Gasteiger partial charge in [0, 0.05) is 85.8 Å². The van der Waals surface area contributed by atoms with Gasteiger partial charge in [0.15, 0.2) is 0 Å². The van der Waals surface area contributed by atoms with Gasteiger partial charge in [0.2, 0.25) is 11.8 Å². The summed E-state index contributed by atoms with van der Waals surface area (Å²) in [5, 5.41) is 11.9. The van der Waals surface area contributed by atoms with Crippen molar-refractivity contribution in [1.29, 1.82) is 5.26 Å². The third-order valence-electron chi connectivity index (χ3n) is 12.7. The van der Waals surface area contributed by atoms with E-state index in [2.05, 4.69) is 54.9 Å². The summed E-state index contributed by atoms with van der Waals surface area (Å²) < 4.78 is 6.48. The fourth-order valence-electron chi connectivity index (χ4n) is 10.6. The number of halogens is 1. The zero-order chi connectivity index (χ0) is 38.7. The van der Waals surface area contributed by atoms with Gasteiger partial charge in [0.05, 0.1) is 21.7 Å². The summed E-state index contributed by atoms with van der Waals surface area (Å²) in [5.74, 6) is -0.868. The number of hydrogen-bond acceptors (Lipinski definition) is 9. The second-order valence-corrected chi connectivity index (χ2v) is 17.5. The summed E-state index contributed by atoms with van der Waals surface area (Å²) >= 11 is 6.29. The van der Waals surface area contributed by atoms with Crippen molar-refractivity contribution < 1.29 is 28.7 Å². The first-order chi connectivity index (χ1) is 26.1. The van der Waals surface area contributed by atoms with Crippen molar-refractivity contribution in [2.24, 2.45) is 16.7 Å². The number of nitriles is 1. The van der Waals surface area contributed by atoms with Crippen LogP contribution in [0.4, 0.5) is 5.69 Å². The van der Waals surface area contributed by atoms with Crippen molar-refractivity contribution in [3.8, 4) is 11.8 Å². The fraction of sp³-hybridized carbons (Fsp3) is 0.429. The number of benzene rings is 3. The third-order valence-corrected chi connectivity index (χ3v) is 13.0. The van der Waals surface area contributed by atoms with Gasteiger partial charge >= 0.3 is 0 Å². The molecule has 6 aliphatic rings. The highest BCUT2D eigenvalue weighted by molar-refractivity contribution is 6.31. The van der Waals surface area contributed by atoms with E-state index in [-0.39, 0.29) is 41.7 Å². The lowest BCUT2D eigenvalue weighted by Crippen LogP contribution is -2.74. The number of imide groups is 2. The van der Waals surface area contributed by atoms with Gasteiger partial charge in [0.25, 0.3) is 17.7 Å². The number of carbonyl (C=O) groups is 5. The molecule has 0 spiro atoms. The van der Waals surface area contributed by atoms with Gasteiger partial charge in [-0.05, 0) is 65.6 Å². The maximum Gasteiger partial charge on any atom is 0.262 e. The van der Waals surface area contributed by atoms with Crippen molar-refractivity contribution in [2.45, 2.75) is 78.4 Å². The van der Waals surface area contributed by atoms with Crippen LogP contribution in [0.25, 0.3) is 0 Å². The van der Waals surface area contributed by atoms with Crippen LogP contribution in [0, 0.1) is 28.1 Å². The number of fused-ring (bicyclic) bond motifs is 3. The van der Waals surface area contributed by atoms with E-state index >= 15 is 0 Å². The largest absolute Gasteiger partial charge is 0.489 e. The molecular weight excluding hydrogens is 720 g/mol. The Labute approximate surface area is 323 Å². The van der Waals surface area contributed by atoms with E-state index in [1.54, 1.807) is 18.2 Å². The van der Waals surface area contributed by atoms with E-state index in [1.807, 2.05) is 29.2 Å². The molecule has 2 saturated heterocycles. The number of anilines is 1. The summed E-state index contributed by atoms with van der Waals surface area (Å²) in [6.07, 6.45) is 0.0492. The summed E-state index contributed by atoms with van der Waals surface area (Å²) in [4.78, 5) is 72.3. The number of carbonyl (C=O) groups excluding carboxylic acids is 5. The molecule has 1 unspecified atom stereocenters. The molecule has 5 amide bonds. The Morgan fingerprint density at radius 3 is 2.13 bits per heavy atom. The lowest BCUT2D eigenvalue weighted by Gasteiger charge is -2.65. The smallest absolute Gasteiger partial charge is 0.262 e. The van der Waals surface area contributed by atoms with E-state index in [0.717, 1.165) is 52.5 Å². The maximum absolute atomic E-state index is 13.9. The Bertz CT molecular complexity index is 2230. The van der Waals surface area contributed by atoms with E-state index in [0.29, 0.717) is 53.0 Å². The van der Waals surface area contributed by atoms with Crippen LogP contribution in [0.5, 0.6) is 5.75 Å². The molecule has 0 aromatic heterocycles. The molecule has 13 heteroatoms. The molecule has 55 heavy (non-hydrogen) atoms. The highest BCUT2D eigenvalue weighted by Crippen LogP contribution is 2.59. The predicted molar refractivity (Wildman–Crippen MR) is 201 cm³/mol. The molecule has 5 aliphatic heterocycles. The van der Waals surface area contributed by atoms with E-state index in [9.17, 15) is 29.2 Å². The summed E-state index contributed by atoms with van der Waals surface area (Å²) in [5.41, 5.74) is 5.28. The molecule has 0 radical (unpaired) electrons. The quantitative estimate of drug-likeness (QED) is 0.333. The number of ether oxygens (including phenoxy) is 1. The van der Waals surface area contributed by atoms with Gasteiger partial charge in [-0.15, -0.1) is 0 Å². The van der Waals surface area contributed by atoms with Gasteiger partial charge in [-0.1, -0.05) is 39.3 Å². The van der Waals surface area contributed by atoms with Crippen molar-refractivity contribution >= 4 is 46.8 Å². The highest BCUT2D eigenvalue weighted by atomic mass is 35.5. The van der Waals surface area contributed by atoms with E-state index < -0.39 is 29.7 Å². The van der Waals surface area contributed by atoms with Crippen LogP contribution in [-0.2, 0) is 29.2 Å². The van der Waals surface area contributed by atoms with Crippen molar-refractivity contribution in [3.05, 3.63) is 92.5 Å². The van der Waals surface area contributed by atoms with Crippen LogP contribution in [0.2, 0.25) is 5.02 Å². The van der Waals surface area contributed by atoms with Crippen molar-refractivity contribution in [2.75, 3.05) is 24.5 Å². The average Bonchev–Trinajstić information content (AvgIpc) is 3.74. The van der Waals surface area contributed by atoms with E-state index in [4.69, 9.17) is 16.3 Å². The number of hydrogen-bond donors (Lipinski definition) is 1. The molecule has 1 N–H and O–H groups in total. The second kappa shape index (κ2) is 12.4. The average molecular weight is 761 g/mol. The van der Waals surface area contributed by atoms with Crippen LogP contribution in [-0.4, -0.2) is 82.1 Å². The zero-order valence-electron chi connectivity index (χ0n) is 31.1. The SMILES string of the molecule is CC1(C)C(Oc2ccc(C#N)c(Cl)c2)C(C)(C)C1N1Cc2cc(N3CC(CN4Cc5cc6c(cc5C4)C(=O)N(C4CCC(=O)NC4=O)C6=O)C3)ccc2C1=O. The molecule has 1 aliphatic carbocycles. The van der Waals surface area contributed by atoms with Crippen LogP contribution >= 0.6 is 11.6 Å². The number of piperidine rings is 1. The predicted octanol–water partition coefficient (Wildman–Crippen LogP) is 4.90. The van der Waals surface area contributed by atoms with Gasteiger partial charge in [0.1, 0.15) is 24.0 Å². The minimum atomic E-state index is -0.971. The Kier molecular flexibility index (Phi) is 7.98. The number of rotatable bonds is 7. The van der Waals surface area contributed by atoms with Gasteiger partial charge in [-0.2, -0.15) is 5.26 Å². The zero-order valence-corrected chi connectivity index (χ0v) is 31.9. The molecular formula is C42H41ClN6O6. The van der Waals surface area contributed by atoms with E-state index in [1.165, 1.54) is 0 Å². The van der Waals surface area contributed by atoms with Gasteiger partial charge in [-0.3, -0.25) is 39.1 Å². The molecule has 1 atom stereocenters. The highest BCUT2D eigenvalue weighted by Gasteiger charge is 2.67. The Morgan fingerprint density at radius 2 is 1.51 bits per heavy atom. The monoisotopic (exact) mass is 760 g/mol. The first kappa shape index (κ1) is 35.5. The minimum Gasteiger partial charge on any atom is -0.489 e. The normalized spacial score (nSPS) is 25.3. The Morgan fingerprint density at radius 1 is 0.836 bits per heavy atom. The number of amides is 5. The first-order valence-corrected chi connectivity index (χ1v) is 19.2. The molecule has 9 rings (SSSR count). The molecule has 0 bridgehead atoms. The van der Waals surface area contributed by atoms with Gasteiger partial charge in [-0.25, -0.2) is 0 Å². The number of nitrogens with zero attached hydrogens (tertiary/aromatic N) is 5. The van der Waals surface area contributed by atoms with Crippen LogP contribution in [0.3, 0.4) is 0 Å². The van der Waals surface area contributed by atoms with Crippen molar-refractivity contribution in [3.63, 3.8) is 0 Å². The van der Waals surface area contributed by atoms with Crippen LogP contribution in [0.15, 0.2) is 48.5 Å². The summed E-state index contributed by atoms with van der Waals surface area (Å²) in [6, 6.07) is 16.0. The molecule has 3 aromatic carbocycles. The molecule has 1 saturated carbocycles. The molecule has 5 heterocycles. The Balaban J connectivity index is 0.810. The van der Waals surface area contributed by atoms with Crippen molar-refractivity contribution in [1.82, 2.24) is 20.0 Å². The fourth-order valence-corrected chi connectivity index (χ4v) is 10.8. The standard InChI is InChI=1S/C42H41ClN6O6/c1-41(2)39(42(3,4)40(41)55-28-7-5-23(15-44)32(43)14-28)48-21-26-11-27(6-8-29(26)36(48)52)47-17-22(18-47)16-46-19-24-12-30-31(13-25(24)20-46)38(54)49(37(30)53)33-9-10-34(50)45-35(33)51/h5-8,11-14,22,33,39-40H,9-10,16-21H2,1-4H3,(H,45,50,51). The third kappa shape index (κ3) is 5.46. The first-order valence-electron chi connectivity index (χ1n) is 18.8. The maximum atomic E-state index is 13.9. The lowest BCUT2D eigenvalue weighted by molar-refractivity contribution is -0.199. The molecule has 12 nitrogen and oxygen atoms in total.